The molecule has 1 fully saturated rings. The summed E-state index contributed by atoms with van der Waals surface area (Å²) >= 11 is 0. The first-order valence-corrected chi connectivity index (χ1v) is 7.01. The van der Waals surface area contributed by atoms with E-state index >= 15 is 0 Å². The lowest BCUT2D eigenvalue weighted by Gasteiger charge is -2.17. The van der Waals surface area contributed by atoms with Crippen molar-refractivity contribution < 1.29 is 14.6 Å². The number of urea groups is 1. The van der Waals surface area contributed by atoms with Crippen LogP contribution in [0.25, 0.3) is 0 Å². The molecule has 1 aliphatic rings. The quantitative estimate of drug-likeness (QED) is 0.796. The highest BCUT2D eigenvalue weighted by Gasteiger charge is 2.22. The number of aliphatic hydroxyl groups excluding tert-OH is 1. The van der Waals surface area contributed by atoms with E-state index in [-0.39, 0.29) is 12.6 Å². The van der Waals surface area contributed by atoms with Crippen LogP contribution in [0.3, 0.4) is 0 Å². The number of nitrogens with zero attached hydrogens (tertiary/aromatic N) is 1. The van der Waals surface area contributed by atoms with Gasteiger partial charge in [-0.05, 0) is 24.8 Å². The number of nitrogens with one attached hydrogen (secondary N) is 1. The van der Waals surface area contributed by atoms with E-state index < -0.39 is 0 Å². The van der Waals surface area contributed by atoms with Crippen LogP contribution in [-0.4, -0.2) is 42.8 Å². The van der Waals surface area contributed by atoms with Gasteiger partial charge in [-0.2, -0.15) is 0 Å². The van der Waals surface area contributed by atoms with Crippen LogP contribution in [0.4, 0.5) is 4.79 Å². The number of carbonyl (C=O) groups excluding carboxylic acids is 1. The fraction of sp³-hybridized carbons (Fsp3) is 0.533. The Kier molecular flexibility index (Phi) is 5.24. The highest BCUT2D eigenvalue weighted by Crippen LogP contribution is 2.30. The molecule has 0 spiro atoms. The number of hydrogen-bond donors (Lipinski definition) is 2. The lowest BCUT2D eigenvalue weighted by molar-refractivity contribution is 0.190. The molecule has 0 atom stereocenters. The first-order chi connectivity index (χ1) is 9.70. The number of hydrogen-bond acceptors (Lipinski definition) is 3. The lowest BCUT2D eigenvalue weighted by Crippen LogP contribution is -2.38. The zero-order valence-electron chi connectivity index (χ0n) is 11.8. The lowest BCUT2D eigenvalue weighted by atomic mass is 10.2. The van der Waals surface area contributed by atoms with Gasteiger partial charge in [0.15, 0.2) is 0 Å². The molecule has 2 amide bonds. The smallest absolute Gasteiger partial charge is 0.317 e. The molecule has 0 saturated heterocycles. The molecular formula is C15H22N2O3. The maximum atomic E-state index is 11.8. The van der Waals surface area contributed by atoms with Gasteiger partial charge in [0, 0.05) is 25.7 Å². The standard InChI is InChI=1S/C15H22N2O3/c1-17(8-9-18)15(19)16-10-13-4-2-3-5-14(13)20-11-12-6-7-12/h2-5,12,18H,6-11H2,1H3,(H,16,19). The number of para-hydroxylation sites is 1. The zero-order valence-corrected chi connectivity index (χ0v) is 11.8. The maximum absolute atomic E-state index is 11.8. The van der Waals surface area contributed by atoms with Crippen molar-refractivity contribution in [1.82, 2.24) is 10.2 Å². The molecule has 20 heavy (non-hydrogen) atoms. The molecule has 0 bridgehead atoms. The van der Waals surface area contributed by atoms with Crippen LogP contribution in [0, 0.1) is 5.92 Å². The molecule has 2 N–H and O–H groups in total. The van der Waals surface area contributed by atoms with Gasteiger partial charge in [0.1, 0.15) is 5.75 Å². The Morgan fingerprint density at radius 2 is 2.20 bits per heavy atom. The number of benzene rings is 1. The maximum Gasteiger partial charge on any atom is 0.317 e. The Balaban J connectivity index is 1.86. The monoisotopic (exact) mass is 278 g/mol. The van der Waals surface area contributed by atoms with Crippen molar-refractivity contribution in [2.45, 2.75) is 19.4 Å². The molecule has 110 valence electrons. The van der Waals surface area contributed by atoms with Crippen LogP contribution in [0.5, 0.6) is 5.75 Å². The molecule has 1 aromatic carbocycles. The molecule has 1 saturated carbocycles. The summed E-state index contributed by atoms with van der Waals surface area (Å²) in [6, 6.07) is 7.56. The van der Waals surface area contributed by atoms with Crippen molar-refractivity contribution in [3.63, 3.8) is 0 Å². The molecule has 5 heteroatoms. The van der Waals surface area contributed by atoms with Gasteiger partial charge in [0.05, 0.1) is 13.2 Å². The van der Waals surface area contributed by atoms with Crippen molar-refractivity contribution in [3.05, 3.63) is 29.8 Å². The van der Waals surface area contributed by atoms with Crippen LogP contribution in [0.15, 0.2) is 24.3 Å². The summed E-state index contributed by atoms with van der Waals surface area (Å²) in [6.07, 6.45) is 2.51. The Morgan fingerprint density at radius 1 is 1.45 bits per heavy atom. The van der Waals surface area contributed by atoms with E-state index in [0.717, 1.165) is 17.9 Å². The third-order valence-electron chi connectivity index (χ3n) is 3.36. The van der Waals surface area contributed by atoms with Gasteiger partial charge in [-0.3, -0.25) is 0 Å². The number of aliphatic hydroxyl groups is 1. The average Bonchev–Trinajstić information content (AvgIpc) is 3.27. The predicted octanol–water partition coefficient (Wildman–Crippen LogP) is 1.61. The summed E-state index contributed by atoms with van der Waals surface area (Å²) in [5.41, 5.74) is 0.971. The highest BCUT2D eigenvalue weighted by molar-refractivity contribution is 5.73. The van der Waals surface area contributed by atoms with Crippen LogP contribution in [-0.2, 0) is 6.54 Å². The molecule has 0 heterocycles. The zero-order chi connectivity index (χ0) is 14.4. The van der Waals surface area contributed by atoms with Crippen molar-refractivity contribution >= 4 is 6.03 Å². The van der Waals surface area contributed by atoms with Gasteiger partial charge < -0.3 is 20.1 Å². The predicted molar refractivity (Wildman–Crippen MR) is 76.6 cm³/mol. The van der Waals surface area contributed by atoms with E-state index in [1.54, 1.807) is 7.05 Å². The minimum absolute atomic E-state index is 0.0367. The topological polar surface area (TPSA) is 61.8 Å². The number of ether oxygens (including phenoxy) is 1. The van der Waals surface area contributed by atoms with Gasteiger partial charge >= 0.3 is 6.03 Å². The third-order valence-corrected chi connectivity index (χ3v) is 3.36. The average molecular weight is 278 g/mol. The molecular weight excluding hydrogens is 256 g/mol. The second kappa shape index (κ2) is 7.14. The Hall–Kier alpha value is -1.75. The van der Waals surface area contributed by atoms with Gasteiger partial charge in [-0.1, -0.05) is 18.2 Å². The van der Waals surface area contributed by atoms with Crippen molar-refractivity contribution in [3.8, 4) is 5.75 Å². The second-order valence-corrected chi connectivity index (χ2v) is 5.17. The third kappa shape index (κ3) is 4.42. The summed E-state index contributed by atoms with van der Waals surface area (Å²) in [4.78, 5) is 13.2. The summed E-state index contributed by atoms with van der Waals surface area (Å²) in [6.45, 7) is 1.47. The molecule has 2 rings (SSSR count). The summed E-state index contributed by atoms with van der Waals surface area (Å²) in [5, 5.41) is 11.6. The normalized spacial score (nSPS) is 13.9. The van der Waals surface area contributed by atoms with E-state index in [1.165, 1.54) is 17.7 Å². The minimum atomic E-state index is -0.198. The number of rotatable bonds is 7. The minimum Gasteiger partial charge on any atom is -0.493 e. The summed E-state index contributed by atoms with van der Waals surface area (Å²) in [7, 11) is 1.65. The Labute approximate surface area is 119 Å². The summed E-state index contributed by atoms with van der Waals surface area (Å²) < 4.78 is 5.80. The van der Waals surface area contributed by atoms with Gasteiger partial charge in [0.25, 0.3) is 0 Å². The van der Waals surface area contributed by atoms with E-state index in [2.05, 4.69) is 5.32 Å². The van der Waals surface area contributed by atoms with Crippen molar-refractivity contribution in [2.75, 3.05) is 26.8 Å². The highest BCUT2D eigenvalue weighted by atomic mass is 16.5. The number of likely N-dealkylation sites (N-methyl/N-ethyl adjacent to an activating group) is 1. The van der Waals surface area contributed by atoms with Crippen LogP contribution in [0.1, 0.15) is 18.4 Å². The molecule has 0 unspecified atom stereocenters. The van der Waals surface area contributed by atoms with Crippen LogP contribution in [0.2, 0.25) is 0 Å². The van der Waals surface area contributed by atoms with Crippen LogP contribution < -0.4 is 10.1 Å². The van der Waals surface area contributed by atoms with E-state index in [4.69, 9.17) is 9.84 Å². The number of carbonyl (C=O) groups is 1. The SMILES string of the molecule is CN(CCO)C(=O)NCc1ccccc1OCC1CC1. The molecule has 0 radical (unpaired) electrons. The van der Waals surface area contributed by atoms with Crippen molar-refractivity contribution in [1.29, 1.82) is 0 Å². The fourth-order valence-corrected chi connectivity index (χ4v) is 1.84. The molecule has 5 nitrogen and oxygen atoms in total. The van der Waals surface area contributed by atoms with Gasteiger partial charge in [-0.15, -0.1) is 0 Å². The largest absolute Gasteiger partial charge is 0.493 e. The van der Waals surface area contributed by atoms with Crippen LogP contribution >= 0.6 is 0 Å². The summed E-state index contributed by atoms with van der Waals surface area (Å²) in [5.74, 6) is 1.54. The fourth-order valence-electron chi connectivity index (χ4n) is 1.84. The number of amides is 2. The molecule has 1 aliphatic carbocycles. The van der Waals surface area contributed by atoms with E-state index in [1.807, 2.05) is 24.3 Å². The Morgan fingerprint density at radius 3 is 2.90 bits per heavy atom. The Bertz CT molecular complexity index is 446. The van der Waals surface area contributed by atoms with Gasteiger partial charge in [0.2, 0.25) is 0 Å². The first kappa shape index (κ1) is 14.7. The second-order valence-electron chi connectivity index (χ2n) is 5.17. The molecule has 0 aromatic heterocycles. The van der Waals surface area contributed by atoms with E-state index in [0.29, 0.717) is 19.0 Å². The van der Waals surface area contributed by atoms with Gasteiger partial charge in [-0.25, -0.2) is 4.79 Å². The van der Waals surface area contributed by atoms with Crippen molar-refractivity contribution in [2.24, 2.45) is 5.92 Å². The molecule has 0 aliphatic heterocycles. The first-order valence-electron chi connectivity index (χ1n) is 7.01. The van der Waals surface area contributed by atoms with E-state index in [9.17, 15) is 4.79 Å². The molecule has 1 aromatic rings.